The number of ether oxygens (including phenoxy) is 1. The van der Waals surface area contributed by atoms with Crippen molar-refractivity contribution < 1.29 is 19.1 Å². The molecule has 0 saturated heterocycles. The minimum atomic E-state index is -1.10. The van der Waals surface area contributed by atoms with Gasteiger partial charge in [-0.15, -0.1) is 11.3 Å². The van der Waals surface area contributed by atoms with Crippen LogP contribution in [0.5, 0.6) is 0 Å². The van der Waals surface area contributed by atoms with Gasteiger partial charge in [-0.1, -0.05) is 25.3 Å². The lowest BCUT2D eigenvalue weighted by atomic mass is 9.91. The van der Waals surface area contributed by atoms with E-state index < -0.39 is 11.5 Å². The maximum absolute atomic E-state index is 13.5. The van der Waals surface area contributed by atoms with Crippen LogP contribution in [0.4, 0.5) is 0 Å². The van der Waals surface area contributed by atoms with Crippen molar-refractivity contribution in [1.29, 1.82) is 0 Å². The Hall–Kier alpha value is -2.68. The SMILES string of the molecule is CCOC(=O)c1cc2n(n1)CC(C)(C(=O)NC1CCCCC1)N(CCc1cccs1)C2=O. The second kappa shape index (κ2) is 9.44. The first kappa shape index (κ1) is 22.5. The van der Waals surface area contributed by atoms with Crippen molar-refractivity contribution in [3.63, 3.8) is 0 Å². The lowest BCUT2D eigenvalue weighted by Gasteiger charge is -2.44. The van der Waals surface area contributed by atoms with Gasteiger partial charge in [0.15, 0.2) is 5.69 Å². The molecule has 4 rings (SSSR count). The summed E-state index contributed by atoms with van der Waals surface area (Å²) in [5.41, 5.74) is -0.705. The monoisotopic (exact) mass is 458 g/mol. The Labute approximate surface area is 191 Å². The third-order valence-corrected chi connectivity index (χ3v) is 7.31. The Kier molecular flexibility index (Phi) is 6.64. The maximum atomic E-state index is 13.5. The molecule has 9 heteroatoms. The molecule has 1 saturated carbocycles. The fraction of sp³-hybridized carbons (Fsp3) is 0.565. The van der Waals surface area contributed by atoms with Gasteiger partial charge in [-0.05, 0) is 44.6 Å². The first-order chi connectivity index (χ1) is 15.4. The van der Waals surface area contributed by atoms with E-state index in [1.165, 1.54) is 17.2 Å². The second-order valence-electron chi connectivity index (χ2n) is 8.66. The van der Waals surface area contributed by atoms with Crippen LogP contribution in [0.1, 0.15) is 71.8 Å². The molecule has 0 radical (unpaired) electrons. The largest absolute Gasteiger partial charge is 0.461 e. The van der Waals surface area contributed by atoms with E-state index in [1.54, 1.807) is 30.1 Å². The summed E-state index contributed by atoms with van der Waals surface area (Å²) in [5.74, 6) is -1.03. The number of thiophene rings is 1. The molecule has 1 aliphatic carbocycles. The van der Waals surface area contributed by atoms with Gasteiger partial charge in [-0.2, -0.15) is 5.10 Å². The lowest BCUT2D eigenvalue weighted by Crippen LogP contribution is -2.65. The number of nitrogens with one attached hydrogen (secondary N) is 1. The van der Waals surface area contributed by atoms with E-state index in [0.29, 0.717) is 18.7 Å². The average Bonchev–Trinajstić information content (AvgIpc) is 3.44. The van der Waals surface area contributed by atoms with E-state index in [9.17, 15) is 14.4 Å². The van der Waals surface area contributed by atoms with E-state index >= 15 is 0 Å². The molecule has 2 aliphatic rings. The van der Waals surface area contributed by atoms with Crippen molar-refractivity contribution in [2.45, 2.75) is 70.5 Å². The van der Waals surface area contributed by atoms with Crippen molar-refractivity contribution in [1.82, 2.24) is 20.0 Å². The molecule has 1 atom stereocenters. The van der Waals surface area contributed by atoms with Crippen LogP contribution in [-0.2, 0) is 22.5 Å². The van der Waals surface area contributed by atoms with Crippen LogP contribution in [0.3, 0.4) is 0 Å². The molecule has 1 aliphatic heterocycles. The smallest absolute Gasteiger partial charge is 0.358 e. The third-order valence-electron chi connectivity index (χ3n) is 6.37. The molecule has 1 fully saturated rings. The van der Waals surface area contributed by atoms with E-state index in [4.69, 9.17) is 4.74 Å². The van der Waals surface area contributed by atoms with Gasteiger partial charge in [0.2, 0.25) is 5.91 Å². The summed E-state index contributed by atoms with van der Waals surface area (Å²) < 4.78 is 6.53. The highest BCUT2D eigenvalue weighted by Crippen LogP contribution is 2.29. The number of hydrogen-bond acceptors (Lipinski definition) is 6. The molecular weight excluding hydrogens is 428 g/mol. The van der Waals surface area contributed by atoms with Gasteiger partial charge in [0.25, 0.3) is 5.91 Å². The Bertz CT molecular complexity index is 980. The highest BCUT2D eigenvalue weighted by molar-refractivity contribution is 7.09. The Morgan fingerprint density at radius 1 is 1.31 bits per heavy atom. The number of fused-ring (bicyclic) bond motifs is 1. The quantitative estimate of drug-likeness (QED) is 0.644. The van der Waals surface area contributed by atoms with Crippen LogP contribution < -0.4 is 5.32 Å². The molecule has 2 aromatic heterocycles. The summed E-state index contributed by atoms with van der Waals surface area (Å²) in [7, 11) is 0. The van der Waals surface area contributed by atoms with Gasteiger partial charge in [-0.25, -0.2) is 4.79 Å². The summed E-state index contributed by atoms with van der Waals surface area (Å²) in [6.45, 7) is 4.35. The van der Waals surface area contributed by atoms with E-state index in [1.807, 2.05) is 17.5 Å². The fourth-order valence-electron chi connectivity index (χ4n) is 4.56. The molecule has 3 heterocycles. The van der Waals surface area contributed by atoms with Gasteiger partial charge >= 0.3 is 5.97 Å². The Morgan fingerprint density at radius 3 is 2.78 bits per heavy atom. The number of aromatic nitrogens is 2. The molecule has 0 spiro atoms. The zero-order valence-corrected chi connectivity index (χ0v) is 19.5. The van der Waals surface area contributed by atoms with Crippen molar-refractivity contribution in [3.05, 3.63) is 39.8 Å². The van der Waals surface area contributed by atoms with E-state index in [0.717, 1.165) is 30.6 Å². The van der Waals surface area contributed by atoms with Crippen LogP contribution in [-0.4, -0.2) is 57.2 Å². The van der Waals surface area contributed by atoms with Crippen LogP contribution in [0.15, 0.2) is 23.6 Å². The van der Waals surface area contributed by atoms with Gasteiger partial charge in [0, 0.05) is 23.5 Å². The molecular formula is C23H30N4O4S. The topological polar surface area (TPSA) is 93.5 Å². The second-order valence-corrected chi connectivity index (χ2v) is 9.69. The number of amides is 2. The van der Waals surface area contributed by atoms with Crippen molar-refractivity contribution >= 4 is 29.1 Å². The van der Waals surface area contributed by atoms with Crippen molar-refractivity contribution in [3.8, 4) is 0 Å². The summed E-state index contributed by atoms with van der Waals surface area (Å²) in [4.78, 5) is 42.0. The normalized spacial score (nSPS) is 21.3. The highest BCUT2D eigenvalue weighted by atomic mass is 32.1. The number of nitrogens with zero attached hydrogens (tertiary/aromatic N) is 3. The van der Waals surface area contributed by atoms with Gasteiger partial charge in [0.05, 0.1) is 13.2 Å². The van der Waals surface area contributed by atoms with E-state index in [-0.39, 0.29) is 36.7 Å². The van der Waals surface area contributed by atoms with Crippen LogP contribution in [0.2, 0.25) is 0 Å². The minimum Gasteiger partial charge on any atom is -0.461 e. The van der Waals surface area contributed by atoms with Gasteiger partial charge in [0.1, 0.15) is 11.2 Å². The summed E-state index contributed by atoms with van der Waals surface area (Å²) in [5, 5.41) is 9.50. The number of rotatable bonds is 7. The third kappa shape index (κ3) is 4.44. The predicted octanol–water partition coefficient (Wildman–Crippen LogP) is 3.03. The zero-order valence-electron chi connectivity index (χ0n) is 18.6. The molecule has 2 amide bonds. The summed E-state index contributed by atoms with van der Waals surface area (Å²) in [6, 6.07) is 5.61. The number of hydrogen-bond donors (Lipinski definition) is 1. The molecule has 1 unspecified atom stereocenters. The van der Waals surface area contributed by atoms with Crippen molar-refractivity contribution in [2.75, 3.05) is 13.2 Å². The van der Waals surface area contributed by atoms with E-state index in [2.05, 4.69) is 10.4 Å². The first-order valence-electron chi connectivity index (χ1n) is 11.3. The van der Waals surface area contributed by atoms with Crippen LogP contribution >= 0.6 is 11.3 Å². The summed E-state index contributed by atoms with van der Waals surface area (Å²) >= 11 is 1.63. The number of esters is 1. The van der Waals surface area contributed by atoms with Gasteiger partial charge in [-0.3, -0.25) is 14.3 Å². The van der Waals surface area contributed by atoms with Crippen LogP contribution in [0.25, 0.3) is 0 Å². The molecule has 0 bridgehead atoms. The molecule has 32 heavy (non-hydrogen) atoms. The molecule has 0 aromatic carbocycles. The maximum Gasteiger partial charge on any atom is 0.358 e. The molecule has 1 N–H and O–H groups in total. The van der Waals surface area contributed by atoms with Gasteiger partial charge < -0.3 is 15.0 Å². The average molecular weight is 459 g/mol. The zero-order chi connectivity index (χ0) is 22.7. The Morgan fingerprint density at radius 2 is 2.09 bits per heavy atom. The van der Waals surface area contributed by atoms with Crippen LogP contribution in [0, 0.1) is 0 Å². The number of carbonyl (C=O) groups is 3. The standard InChI is InChI=1S/C23H30N4O4S/c1-3-31-21(29)18-14-19-20(28)26(12-11-17-10-7-13-32-17)23(2,15-27(19)25-18)22(30)24-16-8-5-4-6-9-16/h7,10,13-14,16H,3-6,8-9,11-12,15H2,1-2H3,(H,24,30). The fourth-order valence-corrected chi connectivity index (χ4v) is 5.26. The van der Waals surface area contributed by atoms with Crippen molar-refractivity contribution in [2.24, 2.45) is 0 Å². The Balaban J connectivity index is 1.62. The summed E-state index contributed by atoms with van der Waals surface area (Å²) in [6.07, 6.45) is 6.00. The molecule has 8 nitrogen and oxygen atoms in total. The highest BCUT2D eigenvalue weighted by Gasteiger charge is 2.48. The lowest BCUT2D eigenvalue weighted by molar-refractivity contribution is -0.134. The molecule has 2 aromatic rings. The minimum absolute atomic E-state index is 0.0883. The molecule has 172 valence electrons. The number of carbonyl (C=O) groups excluding carboxylic acids is 3. The predicted molar refractivity (Wildman–Crippen MR) is 121 cm³/mol. The first-order valence-corrected chi connectivity index (χ1v) is 12.2.